The number of aromatic amines is 1. The highest BCUT2D eigenvalue weighted by molar-refractivity contribution is 5.99. The van der Waals surface area contributed by atoms with Crippen LogP contribution in [0.15, 0.2) is 48.8 Å². The Balaban J connectivity index is 0.000000429. The summed E-state index contributed by atoms with van der Waals surface area (Å²) in [6.07, 6.45) is 3.61. The quantitative estimate of drug-likeness (QED) is 0.442. The van der Waals surface area contributed by atoms with Crippen molar-refractivity contribution in [2.24, 2.45) is 0 Å². The zero-order valence-electron chi connectivity index (χ0n) is 15.2. The average Bonchev–Trinajstić information content (AvgIpc) is 3.30. The molecule has 7 heteroatoms. The van der Waals surface area contributed by atoms with Crippen molar-refractivity contribution in [3.05, 3.63) is 54.4 Å². The van der Waals surface area contributed by atoms with E-state index in [1.807, 2.05) is 24.4 Å². The zero-order chi connectivity index (χ0) is 19.7. The molecule has 3 N–H and O–H groups in total. The van der Waals surface area contributed by atoms with E-state index in [0.717, 1.165) is 45.6 Å². The van der Waals surface area contributed by atoms with Crippen molar-refractivity contribution < 1.29 is 14.3 Å². The molecule has 0 bridgehead atoms. The van der Waals surface area contributed by atoms with Gasteiger partial charge in [0.05, 0.1) is 11.7 Å². The molecule has 5 rings (SSSR count). The van der Waals surface area contributed by atoms with Gasteiger partial charge in [-0.15, -0.1) is 0 Å². The number of alkyl halides is 1. The van der Waals surface area contributed by atoms with Gasteiger partial charge in [-0.2, -0.15) is 5.10 Å². The maximum atomic E-state index is 11.1. The summed E-state index contributed by atoms with van der Waals surface area (Å²) < 4.78 is 11.1. The molecule has 0 unspecified atom stereocenters. The highest BCUT2D eigenvalue weighted by atomic mass is 19.1. The van der Waals surface area contributed by atoms with Crippen molar-refractivity contribution in [3.63, 3.8) is 0 Å². The van der Waals surface area contributed by atoms with Crippen molar-refractivity contribution in [2.45, 2.75) is 25.9 Å². The van der Waals surface area contributed by atoms with Crippen molar-refractivity contribution >= 4 is 33.6 Å². The van der Waals surface area contributed by atoms with Crippen LogP contribution in [0.1, 0.15) is 18.4 Å². The van der Waals surface area contributed by atoms with E-state index in [1.54, 1.807) is 12.3 Å². The molecule has 2 heterocycles. The predicted molar refractivity (Wildman–Crippen MR) is 107 cm³/mol. The van der Waals surface area contributed by atoms with Crippen LogP contribution in [0.25, 0.3) is 32.8 Å². The number of fused-ring (bicyclic) bond motifs is 2. The molecule has 1 aliphatic carbocycles. The molecule has 1 saturated carbocycles. The first kappa shape index (κ1) is 17.9. The third kappa shape index (κ3) is 3.78. The summed E-state index contributed by atoms with van der Waals surface area (Å²) in [6, 6.07) is 11.9. The van der Waals surface area contributed by atoms with E-state index in [9.17, 15) is 9.18 Å². The predicted octanol–water partition coefficient (Wildman–Crippen LogP) is 5.29. The monoisotopic (exact) mass is 378 g/mol. The van der Waals surface area contributed by atoms with E-state index >= 15 is 0 Å². The number of H-pyrrole nitrogens is 1. The Morgan fingerprint density at radius 2 is 1.96 bits per heavy atom. The van der Waals surface area contributed by atoms with Crippen LogP contribution in [-0.4, -0.2) is 32.6 Å². The van der Waals surface area contributed by atoms with E-state index in [4.69, 9.17) is 5.11 Å². The summed E-state index contributed by atoms with van der Waals surface area (Å²) in [4.78, 5) is 14.9. The number of hydrogen-bond acceptors (Lipinski definition) is 3. The van der Waals surface area contributed by atoms with Crippen LogP contribution in [0.2, 0.25) is 0 Å². The Morgan fingerprint density at radius 1 is 1.18 bits per heavy atom. The second-order valence-electron chi connectivity index (χ2n) is 6.82. The van der Waals surface area contributed by atoms with E-state index in [-0.39, 0.29) is 0 Å². The lowest BCUT2D eigenvalue weighted by molar-refractivity contribution is 0.209. The molecular weight excluding hydrogens is 359 g/mol. The van der Waals surface area contributed by atoms with Gasteiger partial charge < -0.3 is 5.11 Å². The fourth-order valence-corrected chi connectivity index (χ4v) is 3.05. The second kappa shape index (κ2) is 7.26. The summed E-state index contributed by atoms with van der Waals surface area (Å²) in [5.74, 6) is 0.316. The Hall–Kier alpha value is -3.48. The lowest BCUT2D eigenvalue weighted by Crippen LogP contribution is -2.08. The van der Waals surface area contributed by atoms with Gasteiger partial charge in [-0.3, -0.25) is 10.4 Å². The number of rotatable bonds is 2. The fraction of sp³-hybridized carbons (Fsp3) is 0.190. The van der Waals surface area contributed by atoms with Gasteiger partial charge in [0.25, 0.3) is 0 Å². The average molecular weight is 378 g/mol. The minimum atomic E-state index is -1.12. The molecule has 1 fully saturated rings. The lowest BCUT2D eigenvalue weighted by atomic mass is 9.95. The van der Waals surface area contributed by atoms with Crippen molar-refractivity contribution in [2.75, 3.05) is 5.32 Å². The number of amides is 1. The van der Waals surface area contributed by atoms with Crippen LogP contribution in [0.4, 0.5) is 15.0 Å². The van der Waals surface area contributed by atoms with Gasteiger partial charge in [0, 0.05) is 17.0 Å². The standard InChI is InChI=1S/C18H14N4O2.C3H5F/c1-10-2-5-15-14(9-20-22-15)17(10)12-4-3-11-7-16(21-18(23)24)19-8-13(11)6-12;4-3-1-2-3/h2-9H,1H3,(H,19,21)(H,20,22)(H,23,24);3H,1-2H2. The second-order valence-corrected chi connectivity index (χ2v) is 6.82. The number of pyridine rings is 1. The molecule has 0 atom stereocenters. The molecule has 4 aromatic rings. The SMILES string of the molecule is Cc1ccc2[nH]ncc2c1-c1ccc2cc(NC(=O)O)ncc2c1.FC1CC1. The number of carbonyl (C=O) groups is 1. The summed E-state index contributed by atoms with van der Waals surface area (Å²) in [5, 5.41) is 21.1. The van der Waals surface area contributed by atoms with Crippen molar-refractivity contribution in [1.29, 1.82) is 0 Å². The van der Waals surface area contributed by atoms with Crippen molar-refractivity contribution in [3.8, 4) is 11.1 Å². The number of halogens is 1. The molecule has 1 aliphatic rings. The van der Waals surface area contributed by atoms with Gasteiger partial charge in [0.2, 0.25) is 0 Å². The number of nitrogens with one attached hydrogen (secondary N) is 2. The van der Waals surface area contributed by atoms with Crippen LogP contribution in [0.3, 0.4) is 0 Å². The number of carboxylic acid groups (broad SMARTS) is 1. The van der Waals surface area contributed by atoms with Crippen LogP contribution in [-0.2, 0) is 0 Å². The molecule has 0 aliphatic heterocycles. The number of benzene rings is 2. The zero-order valence-corrected chi connectivity index (χ0v) is 15.2. The summed E-state index contributed by atoms with van der Waals surface area (Å²) in [7, 11) is 0. The molecule has 0 saturated heterocycles. The number of aryl methyl sites for hydroxylation is 1. The van der Waals surface area contributed by atoms with E-state index in [1.165, 1.54) is 5.56 Å². The molecule has 2 aromatic heterocycles. The smallest absolute Gasteiger partial charge is 0.410 e. The highest BCUT2D eigenvalue weighted by Crippen LogP contribution is 2.33. The highest BCUT2D eigenvalue weighted by Gasteiger charge is 2.18. The van der Waals surface area contributed by atoms with Gasteiger partial charge in [-0.25, -0.2) is 14.2 Å². The molecule has 0 spiro atoms. The Labute approximate surface area is 160 Å². The number of hydrogen-bond donors (Lipinski definition) is 3. The third-order valence-corrected chi connectivity index (χ3v) is 4.58. The van der Waals surface area contributed by atoms with E-state index < -0.39 is 12.3 Å². The largest absolute Gasteiger partial charge is 0.465 e. The maximum absolute atomic E-state index is 11.1. The summed E-state index contributed by atoms with van der Waals surface area (Å²) in [6.45, 7) is 2.07. The van der Waals surface area contributed by atoms with E-state index in [2.05, 4.69) is 39.6 Å². The number of aromatic nitrogens is 3. The van der Waals surface area contributed by atoms with Gasteiger partial charge in [-0.1, -0.05) is 18.2 Å². The Bertz CT molecular complexity index is 1170. The number of nitrogens with zero attached hydrogens (tertiary/aromatic N) is 2. The molecular formula is C21H19FN4O2. The first-order valence-electron chi connectivity index (χ1n) is 8.98. The van der Waals surface area contributed by atoms with Crippen LogP contribution < -0.4 is 5.32 Å². The van der Waals surface area contributed by atoms with Gasteiger partial charge in [-0.05, 0) is 60.0 Å². The van der Waals surface area contributed by atoms with Crippen LogP contribution in [0.5, 0.6) is 0 Å². The van der Waals surface area contributed by atoms with Crippen molar-refractivity contribution in [1.82, 2.24) is 15.2 Å². The summed E-state index contributed by atoms with van der Waals surface area (Å²) in [5.41, 5.74) is 4.37. The number of anilines is 1. The molecule has 142 valence electrons. The lowest BCUT2D eigenvalue weighted by Gasteiger charge is -2.09. The van der Waals surface area contributed by atoms with Gasteiger partial charge >= 0.3 is 6.09 Å². The minimum absolute atomic E-state index is 0.316. The first-order chi connectivity index (χ1) is 13.5. The van der Waals surface area contributed by atoms with Crippen LogP contribution >= 0.6 is 0 Å². The summed E-state index contributed by atoms with van der Waals surface area (Å²) >= 11 is 0. The first-order valence-corrected chi connectivity index (χ1v) is 8.98. The topological polar surface area (TPSA) is 90.9 Å². The van der Waals surface area contributed by atoms with Gasteiger partial charge in [0.15, 0.2) is 0 Å². The van der Waals surface area contributed by atoms with E-state index in [0.29, 0.717) is 5.82 Å². The molecule has 0 radical (unpaired) electrons. The fourth-order valence-electron chi connectivity index (χ4n) is 3.05. The van der Waals surface area contributed by atoms with Gasteiger partial charge in [0.1, 0.15) is 12.0 Å². The molecule has 28 heavy (non-hydrogen) atoms. The Morgan fingerprint density at radius 3 is 2.68 bits per heavy atom. The molecule has 2 aromatic carbocycles. The molecule has 6 nitrogen and oxygen atoms in total. The normalized spacial score (nSPS) is 13.2. The third-order valence-electron chi connectivity index (χ3n) is 4.58. The maximum Gasteiger partial charge on any atom is 0.410 e. The molecule has 1 amide bonds. The van der Waals surface area contributed by atoms with Crippen LogP contribution in [0, 0.1) is 6.92 Å². The Kier molecular flexibility index (Phi) is 4.65. The minimum Gasteiger partial charge on any atom is -0.465 e.